The summed E-state index contributed by atoms with van der Waals surface area (Å²) in [5.41, 5.74) is 0. The molecular weight excluding hydrogens is 310 g/mol. The summed E-state index contributed by atoms with van der Waals surface area (Å²) in [6.07, 6.45) is 3.78. The molecule has 1 atom stereocenters. The van der Waals surface area contributed by atoms with Gasteiger partial charge in [0, 0.05) is 32.5 Å². The third kappa shape index (κ3) is 5.30. The van der Waals surface area contributed by atoms with Crippen molar-refractivity contribution < 1.29 is 14.3 Å². The lowest BCUT2D eigenvalue weighted by molar-refractivity contribution is -0.134. The van der Waals surface area contributed by atoms with Crippen molar-refractivity contribution in [3.8, 4) is 0 Å². The van der Waals surface area contributed by atoms with Crippen molar-refractivity contribution >= 4 is 11.8 Å². The largest absolute Gasteiger partial charge is 0.371 e. The molecule has 1 fully saturated rings. The second-order valence-corrected chi connectivity index (χ2v) is 6.68. The molecule has 0 spiro atoms. The van der Waals surface area contributed by atoms with Gasteiger partial charge in [-0.3, -0.25) is 14.7 Å². The number of carbonyl (C=O) groups excluding carboxylic acids is 2. The van der Waals surface area contributed by atoms with Crippen LogP contribution in [0.5, 0.6) is 0 Å². The average Bonchev–Trinajstić information content (AvgIpc) is 3.01. The SMILES string of the molecule is COC(C(=O)NCC1CC(NC(=O)CCc2ncn[nH]2)C1)C(C)C. The van der Waals surface area contributed by atoms with Crippen molar-refractivity contribution in [3.05, 3.63) is 12.2 Å². The number of H-pyrrole nitrogens is 1. The van der Waals surface area contributed by atoms with Gasteiger partial charge >= 0.3 is 0 Å². The van der Waals surface area contributed by atoms with Gasteiger partial charge in [0.15, 0.2) is 0 Å². The molecular formula is C16H27N5O3. The van der Waals surface area contributed by atoms with E-state index in [1.165, 1.54) is 6.33 Å². The quantitative estimate of drug-likeness (QED) is 0.605. The van der Waals surface area contributed by atoms with E-state index in [1.54, 1.807) is 7.11 Å². The van der Waals surface area contributed by atoms with E-state index in [-0.39, 0.29) is 23.8 Å². The Morgan fingerprint density at radius 1 is 1.42 bits per heavy atom. The normalized spacial score (nSPS) is 21.2. The lowest BCUT2D eigenvalue weighted by atomic mass is 9.80. The summed E-state index contributed by atoms with van der Waals surface area (Å²) in [4.78, 5) is 27.8. The number of aromatic amines is 1. The molecule has 1 aliphatic rings. The third-order valence-electron chi connectivity index (χ3n) is 4.34. The zero-order valence-corrected chi connectivity index (χ0v) is 14.5. The molecule has 1 aromatic heterocycles. The molecule has 3 N–H and O–H groups in total. The second-order valence-electron chi connectivity index (χ2n) is 6.68. The van der Waals surface area contributed by atoms with E-state index in [0.717, 1.165) is 18.7 Å². The molecule has 2 rings (SSSR count). The van der Waals surface area contributed by atoms with Gasteiger partial charge in [0.25, 0.3) is 0 Å². The van der Waals surface area contributed by atoms with Gasteiger partial charge in [0.2, 0.25) is 11.8 Å². The van der Waals surface area contributed by atoms with E-state index < -0.39 is 6.10 Å². The van der Waals surface area contributed by atoms with Crippen LogP contribution in [0, 0.1) is 11.8 Å². The van der Waals surface area contributed by atoms with Crippen LogP contribution >= 0.6 is 0 Å². The molecule has 0 aromatic carbocycles. The van der Waals surface area contributed by atoms with E-state index in [2.05, 4.69) is 25.8 Å². The average molecular weight is 337 g/mol. The molecule has 1 unspecified atom stereocenters. The molecule has 134 valence electrons. The summed E-state index contributed by atoms with van der Waals surface area (Å²) in [5.74, 6) is 1.24. The van der Waals surface area contributed by atoms with Gasteiger partial charge in [-0.1, -0.05) is 13.8 Å². The van der Waals surface area contributed by atoms with Crippen molar-refractivity contribution in [2.45, 2.75) is 51.7 Å². The Labute approximate surface area is 142 Å². The molecule has 0 bridgehead atoms. The van der Waals surface area contributed by atoms with E-state index in [1.807, 2.05) is 13.8 Å². The van der Waals surface area contributed by atoms with Crippen LogP contribution in [0.2, 0.25) is 0 Å². The Morgan fingerprint density at radius 2 is 2.17 bits per heavy atom. The summed E-state index contributed by atoms with van der Waals surface area (Å²) in [6.45, 7) is 4.55. The van der Waals surface area contributed by atoms with Crippen molar-refractivity contribution in [1.82, 2.24) is 25.8 Å². The first kappa shape index (κ1) is 18.4. The highest BCUT2D eigenvalue weighted by molar-refractivity contribution is 5.81. The number of ether oxygens (including phenoxy) is 1. The van der Waals surface area contributed by atoms with Crippen molar-refractivity contribution in [2.75, 3.05) is 13.7 Å². The minimum absolute atomic E-state index is 0.0261. The second kappa shape index (κ2) is 8.77. The molecule has 0 saturated heterocycles. The highest BCUT2D eigenvalue weighted by Gasteiger charge is 2.31. The number of nitrogens with zero attached hydrogens (tertiary/aromatic N) is 2. The fourth-order valence-electron chi connectivity index (χ4n) is 2.93. The van der Waals surface area contributed by atoms with Crippen LogP contribution < -0.4 is 10.6 Å². The minimum Gasteiger partial charge on any atom is -0.371 e. The predicted octanol–water partition coefficient (Wildman–Crippen LogP) is 0.419. The fourth-order valence-corrected chi connectivity index (χ4v) is 2.93. The van der Waals surface area contributed by atoms with Crippen LogP contribution in [0.3, 0.4) is 0 Å². The molecule has 0 aliphatic heterocycles. The summed E-state index contributed by atoms with van der Waals surface area (Å²) in [6, 6.07) is 0.206. The number of methoxy groups -OCH3 is 1. The Balaban J connectivity index is 1.58. The van der Waals surface area contributed by atoms with Crippen LogP contribution in [0.15, 0.2) is 6.33 Å². The lowest BCUT2D eigenvalue weighted by Gasteiger charge is -2.36. The summed E-state index contributed by atoms with van der Waals surface area (Å²) in [5, 5.41) is 12.4. The molecule has 1 aromatic rings. The van der Waals surface area contributed by atoms with Crippen LogP contribution in [0.4, 0.5) is 0 Å². The van der Waals surface area contributed by atoms with E-state index in [9.17, 15) is 9.59 Å². The van der Waals surface area contributed by atoms with E-state index >= 15 is 0 Å². The summed E-state index contributed by atoms with van der Waals surface area (Å²) >= 11 is 0. The Bertz CT molecular complexity index is 526. The standard InChI is InChI=1S/C16H27N5O3/c1-10(2)15(24-3)16(23)17-8-11-6-12(7-11)20-14(22)5-4-13-18-9-19-21-13/h9-12,15H,4-8H2,1-3H3,(H,17,23)(H,20,22)(H,18,19,21). The molecule has 8 heteroatoms. The Hall–Kier alpha value is -1.96. The van der Waals surface area contributed by atoms with Gasteiger partial charge < -0.3 is 15.4 Å². The summed E-state index contributed by atoms with van der Waals surface area (Å²) in [7, 11) is 1.55. The number of carbonyl (C=O) groups is 2. The van der Waals surface area contributed by atoms with Gasteiger partial charge in [0.05, 0.1) is 0 Å². The lowest BCUT2D eigenvalue weighted by Crippen LogP contribution is -2.49. The van der Waals surface area contributed by atoms with Crippen LogP contribution in [0.25, 0.3) is 0 Å². The molecule has 0 radical (unpaired) electrons. The van der Waals surface area contributed by atoms with Crippen LogP contribution in [-0.4, -0.2) is 52.8 Å². The smallest absolute Gasteiger partial charge is 0.249 e. The maximum absolute atomic E-state index is 12.0. The van der Waals surface area contributed by atoms with Crippen LogP contribution in [-0.2, 0) is 20.7 Å². The molecule has 1 heterocycles. The molecule has 8 nitrogen and oxygen atoms in total. The Morgan fingerprint density at radius 3 is 2.75 bits per heavy atom. The number of aromatic nitrogens is 3. The monoisotopic (exact) mass is 337 g/mol. The topological polar surface area (TPSA) is 109 Å². The highest BCUT2D eigenvalue weighted by atomic mass is 16.5. The van der Waals surface area contributed by atoms with Gasteiger partial charge in [-0.2, -0.15) is 5.10 Å². The fraction of sp³-hybridized carbons (Fsp3) is 0.750. The number of nitrogens with one attached hydrogen (secondary N) is 3. The van der Waals surface area contributed by atoms with Crippen LogP contribution in [0.1, 0.15) is 38.9 Å². The first-order valence-electron chi connectivity index (χ1n) is 8.43. The van der Waals surface area contributed by atoms with Gasteiger partial charge in [-0.15, -0.1) is 0 Å². The Kier molecular flexibility index (Phi) is 6.72. The number of hydrogen-bond acceptors (Lipinski definition) is 5. The number of rotatable bonds is 9. The first-order chi connectivity index (χ1) is 11.5. The predicted molar refractivity (Wildman–Crippen MR) is 88.0 cm³/mol. The number of hydrogen-bond donors (Lipinski definition) is 3. The zero-order chi connectivity index (χ0) is 17.5. The third-order valence-corrected chi connectivity index (χ3v) is 4.34. The molecule has 1 aliphatic carbocycles. The van der Waals surface area contributed by atoms with E-state index in [0.29, 0.717) is 25.3 Å². The molecule has 2 amide bonds. The maximum Gasteiger partial charge on any atom is 0.249 e. The molecule has 1 saturated carbocycles. The van der Waals surface area contributed by atoms with Gasteiger partial charge in [-0.05, 0) is 24.7 Å². The van der Waals surface area contributed by atoms with Crippen molar-refractivity contribution in [2.24, 2.45) is 11.8 Å². The number of aryl methyl sites for hydroxylation is 1. The molecule has 24 heavy (non-hydrogen) atoms. The maximum atomic E-state index is 12.0. The number of amides is 2. The summed E-state index contributed by atoms with van der Waals surface area (Å²) < 4.78 is 5.21. The zero-order valence-electron chi connectivity index (χ0n) is 14.5. The van der Waals surface area contributed by atoms with E-state index in [4.69, 9.17) is 4.74 Å². The van der Waals surface area contributed by atoms with Crippen molar-refractivity contribution in [1.29, 1.82) is 0 Å². The minimum atomic E-state index is -0.406. The van der Waals surface area contributed by atoms with Gasteiger partial charge in [0.1, 0.15) is 18.3 Å². The van der Waals surface area contributed by atoms with Crippen molar-refractivity contribution in [3.63, 3.8) is 0 Å². The van der Waals surface area contributed by atoms with Gasteiger partial charge in [-0.25, -0.2) is 4.98 Å². The first-order valence-corrected chi connectivity index (χ1v) is 8.43. The highest BCUT2D eigenvalue weighted by Crippen LogP contribution is 2.26.